The van der Waals surface area contributed by atoms with Crippen LogP contribution in [0.15, 0.2) is 12.1 Å². The van der Waals surface area contributed by atoms with E-state index in [1.54, 1.807) is 27.7 Å². The molecule has 422 valence electrons. The number of aromatic hydroxyl groups is 2. The van der Waals surface area contributed by atoms with E-state index in [0.717, 1.165) is 0 Å². The Hall–Kier alpha value is -3.32. The van der Waals surface area contributed by atoms with Crippen LogP contribution < -0.4 is 4.74 Å². The van der Waals surface area contributed by atoms with Crippen LogP contribution in [-0.2, 0) is 58.6 Å². The minimum Gasteiger partial charge on any atom is -0.507 e. The van der Waals surface area contributed by atoms with Crippen molar-refractivity contribution < 1.29 is 118 Å². The maximum absolute atomic E-state index is 15.0. The molecule has 24 heteroatoms. The van der Waals surface area contributed by atoms with Crippen LogP contribution in [0.3, 0.4) is 0 Å². The Balaban J connectivity index is 1.04. The number of aliphatic hydroxyl groups excluding tert-OH is 9. The Morgan fingerprint density at radius 2 is 1.04 bits per heavy atom. The van der Waals surface area contributed by atoms with E-state index < -0.39 is 176 Å². The van der Waals surface area contributed by atoms with E-state index in [4.69, 9.17) is 52.1 Å². The van der Waals surface area contributed by atoms with Gasteiger partial charge in [-0.2, -0.15) is 0 Å². The number of phenols is 2. The van der Waals surface area contributed by atoms with Crippen molar-refractivity contribution in [1.82, 2.24) is 0 Å². The molecule has 6 aliphatic rings. The standard InChI is InChI=1S/C51H74O24/c1-17-29(71-35-14-30(44(59)21(5)68-35)72-33-12-27(53)42(57)19(3)66-33)11-25-9-24-10-26(50(65-8)49(64)41(56)18(2)52)51(48(63)39(24)47(62)38(25)40(17)55)75-37-16-32(46(61)23(7)70-37)74-36-15-31(45(60)22(6)69-36)73-34-13-28(54)43(58)20(4)67-34/h9,11,18-23,26-28,30-37,41-46,50-62H,10,12-16H2,1-8H3/t18-,19-,20-,21-,22-,23-,26+,27-,28+,30-,31-,32-,33+,34+,35+,36+,37+,41+,42-,43-,44-,45-,46-,50+,51+/m1/s1. The third-order valence-electron chi connectivity index (χ3n) is 15.5. The van der Waals surface area contributed by atoms with Crippen molar-refractivity contribution in [2.75, 3.05) is 7.11 Å². The Morgan fingerprint density at radius 1 is 0.613 bits per heavy atom. The van der Waals surface area contributed by atoms with Crippen LogP contribution >= 0.6 is 0 Å². The van der Waals surface area contributed by atoms with Gasteiger partial charge >= 0.3 is 0 Å². The number of methoxy groups -OCH3 is 1. The summed E-state index contributed by atoms with van der Waals surface area (Å²) in [5.74, 6) is -4.06. The van der Waals surface area contributed by atoms with E-state index >= 15 is 4.79 Å². The molecule has 2 aromatic carbocycles. The van der Waals surface area contributed by atoms with Gasteiger partial charge in [0, 0.05) is 50.7 Å². The summed E-state index contributed by atoms with van der Waals surface area (Å²) in [5.41, 5.74) is 0.0678. The fourth-order valence-corrected chi connectivity index (χ4v) is 11.0. The molecule has 1 aliphatic carbocycles. The molecule has 0 unspecified atom stereocenters. The highest BCUT2D eigenvalue weighted by atomic mass is 16.7. The van der Waals surface area contributed by atoms with Crippen LogP contribution in [0.2, 0.25) is 0 Å². The first kappa shape index (κ1) is 57.8. The second-order valence-electron chi connectivity index (χ2n) is 21.0. The smallest absolute Gasteiger partial charge is 0.202 e. The highest BCUT2D eigenvalue weighted by Gasteiger charge is 2.51. The van der Waals surface area contributed by atoms with Gasteiger partial charge in [0.2, 0.25) is 6.29 Å². The molecule has 0 saturated carbocycles. The van der Waals surface area contributed by atoms with Crippen LogP contribution in [0.4, 0.5) is 0 Å². The average Bonchev–Trinajstić information content (AvgIpc) is 3.34. The predicted octanol–water partition coefficient (Wildman–Crippen LogP) is -0.639. The zero-order valence-electron chi connectivity index (χ0n) is 43.1. The van der Waals surface area contributed by atoms with Crippen LogP contribution in [-0.4, -0.2) is 222 Å². The molecule has 0 spiro atoms. The second kappa shape index (κ2) is 23.6. The summed E-state index contributed by atoms with van der Waals surface area (Å²) in [6.45, 7) is 10.6. The van der Waals surface area contributed by atoms with Gasteiger partial charge in [-0.25, -0.2) is 0 Å². The minimum atomic E-state index is -1.95. The fraction of sp³-hybridized carbons (Fsp3) is 0.765. The number of ether oxygens (including phenoxy) is 11. The quantitative estimate of drug-likeness (QED) is 0.106. The average molecular weight is 1070 g/mol. The number of fused-ring (bicyclic) bond motifs is 2. The minimum absolute atomic E-state index is 0.0357. The van der Waals surface area contributed by atoms with Gasteiger partial charge in [-0.1, -0.05) is 0 Å². The van der Waals surface area contributed by atoms with E-state index in [1.807, 2.05) is 0 Å². The SMILES string of the molecule is CO[C@H](C(=O)[C@@H](O)[C@@H](C)O)[C@@H]1Cc2cc3cc(O[C@H]4C[C@@H](O[C@H]5C[C@@H](O)[C@H](O)[C@@H](C)O5)[C@H](O)[C@@H](C)O4)c(C)c(O)c3c(O)c2C(=O)[C@H]1O[C@H]1C[C@@H](O[C@H]2C[C@@H](O[C@H]3C[C@H](O)[C@H](O)[C@@H](C)O3)[C@H](O)[C@@H](C)O2)[C@H](O)[C@@H](C)O1. The normalized spacial score (nSPS) is 41.9. The monoisotopic (exact) mass is 1070 g/mol. The van der Waals surface area contributed by atoms with Crippen molar-refractivity contribution in [3.05, 3.63) is 28.8 Å². The first-order valence-electron chi connectivity index (χ1n) is 25.7. The molecule has 8 rings (SSSR count). The summed E-state index contributed by atoms with van der Waals surface area (Å²) in [6, 6.07) is 3.03. The first-order valence-corrected chi connectivity index (χ1v) is 25.7. The van der Waals surface area contributed by atoms with Crippen LogP contribution in [0.5, 0.6) is 17.2 Å². The van der Waals surface area contributed by atoms with Gasteiger partial charge in [0.15, 0.2) is 36.7 Å². The zero-order valence-corrected chi connectivity index (χ0v) is 43.1. The summed E-state index contributed by atoms with van der Waals surface area (Å²) in [5, 5.41) is 119. The van der Waals surface area contributed by atoms with E-state index in [2.05, 4.69) is 0 Å². The van der Waals surface area contributed by atoms with E-state index in [9.17, 15) is 61.0 Å². The van der Waals surface area contributed by atoms with Gasteiger partial charge in [-0.3, -0.25) is 9.59 Å². The van der Waals surface area contributed by atoms with Crippen LogP contribution in [0.25, 0.3) is 10.8 Å². The van der Waals surface area contributed by atoms with Gasteiger partial charge in [0.1, 0.15) is 66.1 Å². The molecule has 0 amide bonds. The van der Waals surface area contributed by atoms with Crippen molar-refractivity contribution in [3.8, 4) is 17.2 Å². The maximum atomic E-state index is 15.0. The lowest BCUT2D eigenvalue weighted by Gasteiger charge is -2.45. The highest BCUT2D eigenvalue weighted by molar-refractivity contribution is 6.11. The van der Waals surface area contributed by atoms with Gasteiger partial charge < -0.3 is 108 Å². The third-order valence-corrected chi connectivity index (χ3v) is 15.5. The Morgan fingerprint density at radius 3 is 1.49 bits per heavy atom. The Labute approximate surface area is 432 Å². The number of benzene rings is 2. The lowest BCUT2D eigenvalue weighted by atomic mass is 9.75. The van der Waals surface area contributed by atoms with E-state index in [0.29, 0.717) is 0 Å². The molecule has 24 nitrogen and oxygen atoms in total. The number of carbonyl (C=O) groups is 2. The molecule has 5 fully saturated rings. The number of Topliss-reactive ketones (excluding diaryl/α,β-unsaturated/α-hetero) is 2. The second-order valence-corrected chi connectivity index (χ2v) is 21.0. The largest absolute Gasteiger partial charge is 0.507 e. The number of hydrogen-bond acceptors (Lipinski definition) is 24. The number of carbonyl (C=O) groups excluding carboxylic acids is 2. The zero-order chi connectivity index (χ0) is 54.6. The Bertz CT molecular complexity index is 2290. The molecule has 0 radical (unpaired) electrons. The maximum Gasteiger partial charge on any atom is 0.202 e. The number of ketones is 2. The number of phenolic OH excluding ortho intramolecular Hbond substituents is 2. The van der Waals surface area contributed by atoms with E-state index in [1.165, 1.54) is 40.0 Å². The van der Waals surface area contributed by atoms with Gasteiger partial charge in [0.25, 0.3) is 0 Å². The molecule has 5 saturated heterocycles. The molecule has 5 heterocycles. The molecular formula is C51H74O24. The van der Waals surface area contributed by atoms with Gasteiger partial charge in [0.05, 0.1) is 78.1 Å². The highest BCUT2D eigenvalue weighted by Crippen LogP contribution is 2.47. The molecule has 0 bridgehead atoms. The predicted molar refractivity (Wildman–Crippen MR) is 254 cm³/mol. The number of hydrogen-bond donors (Lipinski definition) is 11. The van der Waals surface area contributed by atoms with E-state index in [-0.39, 0.29) is 71.7 Å². The summed E-state index contributed by atoms with van der Waals surface area (Å²) in [7, 11) is 1.18. The molecular weight excluding hydrogens is 997 g/mol. The van der Waals surface area contributed by atoms with Crippen molar-refractivity contribution in [2.45, 2.75) is 234 Å². The first-order chi connectivity index (χ1) is 35.4. The fourth-order valence-electron chi connectivity index (χ4n) is 11.0. The number of rotatable bonds is 15. The summed E-state index contributed by atoms with van der Waals surface area (Å²) >= 11 is 0. The molecule has 2 aromatic rings. The van der Waals surface area contributed by atoms with Crippen LogP contribution in [0, 0.1) is 12.8 Å². The molecule has 11 N–H and O–H groups in total. The lowest BCUT2D eigenvalue weighted by molar-refractivity contribution is -0.329. The van der Waals surface area contributed by atoms with Crippen LogP contribution in [0.1, 0.15) is 95.1 Å². The Kier molecular flexibility index (Phi) is 18.2. The summed E-state index contributed by atoms with van der Waals surface area (Å²) in [6.07, 6.45) is -27.9. The van der Waals surface area contributed by atoms with Crippen molar-refractivity contribution in [3.63, 3.8) is 0 Å². The summed E-state index contributed by atoms with van der Waals surface area (Å²) < 4.78 is 66.3. The van der Waals surface area contributed by atoms with Crippen molar-refractivity contribution >= 4 is 22.3 Å². The molecule has 5 aliphatic heterocycles. The van der Waals surface area contributed by atoms with Gasteiger partial charge in [-0.05, 0) is 78.0 Å². The van der Waals surface area contributed by atoms with Crippen molar-refractivity contribution in [2.24, 2.45) is 5.92 Å². The van der Waals surface area contributed by atoms with Gasteiger partial charge in [-0.15, -0.1) is 0 Å². The molecule has 25 atom stereocenters. The number of aliphatic hydroxyl groups is 9. The van der Waals surface area contributed by atoms with Crippen molar-refractivity contribution in [1.29, 1.82) is 0 Å². The third kappa shape index (κ3) is 12.0. The topological polar surface area (TPSA) is 358 Å². The lowest BCUT2D eigenvalue weighted by Crippen LogP contribution is -2.57. The summed E-state index contributed by atoms with van der Waals surface area (Å²) in [4.78, 5) is 28.9. The molecule has 0 aromatic heterocycles. The molecule has 75 heavy (non-hydrogen) atoms.